The largest absolute Gasteiger partial charge is 0.476 e. The van der Waals surface area contributed by atoms with Crippen LogP contribution in [0.1, 0.15) is 41.2 Å². The van der Waals surface area contributed by atoms with Gasteiger partial charge in [0.1, 0.15) is 6.54 Å². The van der Waals surface area contributed by atoms with Crippen molar-refractivity contribution in [1.29, 1.82) is 0 Å². The SMILES string of the molecule is CCCc1noc(Cn2nnc(C(=O)O)c2CN)n1. The molecular weight excluding hydrogens is 252 g/mol. The van der Waals surface area contributed by atoms with Crippen LogP contribution in [0.4, 0.5) is 0 Å². The molecule has 3 N–H and O–H groups in total. The molecule has 0 bridgehead atoms. The zero-order valence-electron chi connectivity index (χ0n) is 10.4. The quantitative estimate of drug-likeness (QED) is 0.735. The fourth-order valence-corrected chi connectivity index (χ4v) is 1.64. The number of carboxylic acid groups (broad SMARTS) is 1. The Kier molecular flexibility index (Phi) is 3.85. The number of hydrogen-bond acceptors (Lipinski definition) is 7. The summed E-state index contributed by atoms with van der Waals surface area (Å²) in [7, 11) is 0. The Hall–Kier alpha value is -2.29. The van der Waals surface area contributed by atoms with Gasteiger partial charge in [0.05, 0.1) is 5.69 Å². The molecule has 2 aromatic heterocycles. The van der Waals surface area contributed by atoms with E-state index in [4.69, 9.17) is 15.4 Å². The first-order valence-corrected chi connectivity index (χ1v) is 5.82. The van der Waals surface area contributed by atoms with Crippen LogP contribution in [0.3, 0.4) is 0 Å². The average molecular weight is 266 g/mol. The van der Waals surface area contributed by atoms with Crippen molar-refractivity contribution in [2.75, 3.05) is 0 Å². The minimum Gasteiger partial charge on any atom is -0.476 e. The van der Waals surface area contributed by atoms with Crippen LogP contribution < -0.4 is 5.73 Å². The Labute approximate surface area is 108 Å². The molecule has 0 unspecified atom stereocenters. The number of carbonyl (C=O) groups is 1. The van der Waals surface area contributed by atoms with E-state index in [1.165, 1.54) is 4.68 Å². The van der Waals surface area contributed by atoms with E-state index in [9.17, 15) is 4.79 Å². The molecule has 0 aliphatic heterocycles. The van der Waals surface area contributed by atoms with Crippen LogP contribution in [0.2, 0.25) is 0 Å². The fourth-order valence-electron chi connectivity index (χ4n) is 1.64. The highest BCUT2D eigenvalue weighted by Gasteiger charge is 2.19. The molecule has 9 heteroatoms. The number of rotatable bonds is 6. The van der Waals surface area contributed by atoms with Crippen LogP contribution in [0.5, 0.6) is 0 Å². The summed E-state index contributed by atoms with van der Waals surface area (Å²) in [6.45, 7) is 2.19. The van der Waals surface area contributed by atoms with E-state index in [2.05, 4.69) is 20.5 Å². The molecule has 9 nitrogen and oxygen atoms in total. The lowest BCUT2D eigenvalue weighted by atomic mass is 10.3. The van der Waals surface area contributed by atoms with Crippen molar-refractivity contribution in [1.82, 2.24) is 25.1 Å². The van der Waals surface area contributed by atoms with E-state index in [-0.39, 0.29) is 18.8 Å². The number of aryl methyl sites for hydroxylation is 1. The molecule has 2 aromatic rings. The molecule has 0 aliphatic carbocycles. The number of aromatic nitrogens is 5. The van der Waals surface area contributed by atoms with Gasteiger partial charge < -0.3 is 15.4 Å². The monoisotopic (exact) mass is 266 g/mol. The highest BCUT2D eigenvalue weighted by atomic mass is 16.5. The summed E-state index contributed by atoms with van der Waals surface area (Å²) in [5.74, 6) is -0.200. The summed E-state index contributed by atoms with van der Waals surface area (Å²) in [6.07, 6.45) is 1.64. The average Bonchev–Trinajstić information content (AvgIpc) is 2.97. The number of aromatic carboxylic acids is 1. The Bertz CT molecular complexity index is 576. The number of hydrogen-bond donors (Lipinski definition) is 2. The number of carboxylic acids is 1. The van der Waals surface area contributed by atoms with E-state index < -0.39 is 5.97 Å². The van der Waals surface area contributed by atoms with Crippen molar-refractivity contribution in [3.63, 3.8) is 0 Å². The van der Waals surface area contributed by atoms with Gasteiger partial charge in [-0.15, -0.1) is 5.10 Å². The first-order chi connectivity index (χ1) is 9.15. The lowest BCUT2D eigenvalue weighted by Crippen LogP contribution is -2.13. The Morgan fingerprint density at radius 3 is 2.95 bits per heavy atom. The summed E-state index contributed by atoms with van der Waals surface area (Å²) in [5, 5.41) is 20.0. The van der Waals surface area contributed by atoms with Crippen LogP contribution in [-0.2, 0) is 19.5 Å². The molecule has 0 amide bonds. The highest BCUT2D eigenvalue weighted by molar-refractivity contribution is 5.86. The van der Waals surface area contributed by atoms with Gasteiger partial charge >= 0.3 is 5.97 Å². The van der Waals surface area contributed by atoms with Gasteiger partial charge in [0.15, 0.2) is 11.5 Å². The molecule has 0 atom stereocenters. The van der Waals surface area contributed by atoms with Crippen LogP contribution in [0.25, 0.3) is 0 Å². The maximum absolute atomic E-state index is 10.9. The summed E-state index contributed by atoms with van der Waals surface area (Å²) in [6, 6.07) is 0. The lowest BCUT2D eigenvalue weighted by Gasteiger charge is -2.00. The van der Waals surface area contributed by atoms with Gasteiger partial charge in [0, 0.05) is 13.0 Å². The molecule has 0 aliphatic rings. The van der Waals surface area contributed by atoms with Crippen molar-refractivity contribution in [2.45, 2.75) is 32.9 Å². The Balaban J connectivity index is 2.20. The molecule has 0 radical (unpaired) electrons. The van der Waals surface area contributed by atoms with Crippen molar-refractivity contribution < 1.29 is 14.4 Å². The molecule has 19 heavy (non-hydrogen) atoms. The first-order valence-electron chi connectivity index (χ1n) is 5.82. The van der Waals surface area contributed by atoms with E-state index in [1.807, 2.05) is 6.92 Å². The molecule has 0 saturated heterocycles. The predicted octanol–water partition coefficient (Wildman–Crippen LogP) is -0.181. The Morgan fingerprint density at radius 2 is 2.32 bits per heavy atom. The summed E-state index contributed by atoms with van der Waals surface area (Å²) < 4.78 is 6.41. The summed E-state index contributed by atoms with van der Waals surface area (Å²) >= 11 is 0. The van der Waals surface area contributed by atoms with E-state index in [0.29, 0.717) is 17.4 Å². The third-order valence-corrected chi connectivity index (χ3v) is 2.50. The minimum atomic E-state index is -1.16. The molecule has 2 rings (SSSR count). The maximum Gasteiger partial charge on any atom is 0.358 e. The van der Waals surface area contributed by atoms with Gasteiger partial charge in [0.2, 0.25) is 5.89 Å². The fraction of sp³-hybridized carbons (Fsp3) is 0.500. The van der Waals surface area contributed by atoms with Gasteiger partial charge in [-0.1, -0.05) is 17.3 Å². The predicted molar refractivity (Wildman–Crippen MR) is 62.3 cm³/mol. The van der Waals surface area contributed by atoms with Crippen LogP contribution in [0.15, 0.2) is 4.52 Å². The molecule has 0 spiro atoms. The van der Waals surface area contributed by atoms with Crippen molar-refractivity contribution in [3.8, 4) is 0 Å². The van der Waals surface area contributed by atoms with Gasteiger partial charge in [-0.3, -0.25) is 0 Å². The minimum absolute atomic E-state index is 0.0184. The van der Waals surface area contributed by atoms with Crippen molar-refractivity contribution in [2.24, 2.45) is 5.73 Å². The third kappa shape index (κ3) is 2.76. The van der Waals surface area contributed by atoms with Gasteiger partial charge in [-0.25, -0.2) is 9.48 Å². The van der Waals surface area contributed by atoms with Crippen LogP contribution >= 0.6 is 0 Å². The van der Waals surface area contributed by atoms with Crippen LogP contribution in [-0.4, -0.2) is 36.2 Å². The van der Waals surface area contributed by atoms with E-state index in [1.54, 1.807) is 0 Å². The summed E-state index contributed by atoms with van der Waals surface area (Å²) in [5.41, 5.74) is 5.67. The van der Waals surface area contributed by atoms with E-state index >= 15 is 0 Å². The first kappa shape index (κ1) is 13.1. The second-order valence-electron chi connectivity index (χ2n) is 3.91. The number of nitrogens with two attached hydrogens (primary N) is 1. The number of nitrogens with zero attached hydrogens (tertiary/aromatic N) is 5. The molecule has 2 heterocycles. The third-order valence-electron chi connectivity index (χ3n) is 2.50. The van der Waals surface area contributed by atoms with Crippen molar-refractivity contribution in [3.05, 3.63) is 23.1 Å². The highest BCUT2D eigenvalue weighted by Crippen LogP contribution is 2.08. The topological polar surface area (TPSA) is 133 Å². The molecule has 0 saturated carbocycles. The summed E-state index contributed by atoms with van der Waals surface area (Å²) in [4.78, 5) is 15.1. The lowest BCUT2D eigenvalue weighted by molar-refractivity contribution is 0.0689. The van der Waals surface area contributed by atoms with Crippen LogP contribution in [0, 0.1) is 0 Å². The zero-order valence-corrected chi connectivity index (χ0v) is 10.4. The van der Waals surface area contributed by atoms with Gasteiger partial charge in [0.25, 0.3) is 0 Å². The smallest absolute Gasteiger partial charge is 0.358 e. The van der Waals surface area contributed by atoms with Crippen molar-refractivity contribution >= 4 is 5.97 Å². The standard InChI is InChI=1S/C10H14N6O3/c1-2-3-7-12-8(19-14-7)5-16-6(4-11)9(10(17)18)13-15-16/h2-5,11H2,1H3,(H,17,18). The second-order valence-corrected chi connectivity index (χ2v) is 3.91. The molecular formula is C10H14N6O3. The molecule has 0 aromatic carbocycles. The zero-order chi connectivity index (χ0) is 13.8. The van der Waals surface area contributed by atoms with E-state index in [0.717, 1.165) is 12.8 Å². The Morgan fingerprint density at radius 1 is 1.53 bits per heavy atom. The van der Waals surface area contributed by atoms with Gasteiger partial charge in [-0.2, -0.15) is 4.98 Å². The normalized spacial score (nSPS) is 10.8. The molecule has 0 fully saturated rings. The van der Waals surface area contributed by atoms with Gasteiger partial charge in [-0.05, 0) is 6.42 Å². The second kappa shape index (κ2) is 5.57. The maximum atomic E-state index is 10.9. The molecule has 102 valence electrons.